The summed E-state index contributed by atoms with van der Waals surface area (Å²) in [6.45, 7) is 1.56. The fraction of sp³-hybridized carbons (Fsp3) is 0.222. The second-order valence-electron chi connectivity index (χ2n) is 2.92. The average Bonchev–Trinajstić information content (AvgIpc) is 2.16. The highest BCUT2D eigenvalue weighted by atomic mass is 16.6. The van der Waals surface area contributed by atoms with Gasteiger partial charge in [-0.15, -0.1) is 0 Å². The zero-order valence-electron chi connectivity index (χ0n) is 7.51. The van der Waals surface area contributed by atoms with Gasteiger partial charge in [-0.3, -0.25) is 10.1 Å². The number of hydrogen-bond acceptors (Lipinski definition) is 4. The third-order valence-corrected chi connectivity index (χ3v) is 1.91. The molecule has 5 nitrogen and oxygen atoms in total. The second kappa shape index (κ2) is 3.87. The molecule has 74 valence electrons. The van der Waals surface area contributed by atoms with Gasteiger partial charge in [0.25, 0.3) is 5.69 Å². The summed E-state index contributed by atoms with van der Waals surface area (Å²) in [6, 6.07) is 3.74. The van der Waals surface area contributed by atoms with Crippen LogP contribution in [-0.4, -0.2) is 16.3 Å². The van der Waals surface area contributed by atoms with Crippen LogP contribution in [0, 0.1) is 10.1 Å². The molecular formula is C9H9NO4. The minimum absolute atomic E-state index is 0.182. The van der Waals surface area contributed by atoms with Gasteiger partial charge in [0, 0.05) is 11.5 Å². The minimum Gasteiger partial charge on any atom is -0.508 e. The fourth-order valence-electron chi connectivity index (χ4n) is 1.15. The lowest BCUT2D eigenvalue weighted by molar-refractivity contribution is -0.385. The Morgan fingerprint density at radius 2 is 2.21 bits per heavy atom. The Labute approximate surface area is 80.1 Å². The van der Waals surface area contributed by atoms with Crippen LogP contribution in [0.2, 0.25) is 0 Å². The normalized spacial score (nSPS) is 12.1. The summed E-state index contributed by atoms with van der Waals surface area (Å²) >= 11 is 0. The number of benzene rings is 1. The molecule has 1 aromatic rings. The van der Waals surface area contributed by atoms with Crippen LogP contribution in [0.4, 0.5) is 5.69 Å². The smallest absolute Gasteiger partial charge is 0.276 e. The van der Waals surface area contributed by atoms with Crippen molar-refractivity contribution in [3.63, 3.8) is 0 Å². The highest BCUT2D eigenvalue weighted by molar-refractivity contribution is 5.65. The maximum Gasteiger partial charge on any atom is 0.276 e. The fourth-order valence-corrected chi connectivity index (χ4v) is 1.15. The summed E-state index contributed by atoms with van der Waals surface area (Å²) < 4.78 is 0. The zero-order valence-corrected chi connectivity index (χ0v) is 7.51. The van der Waals surface area contributed by atoms with E-state index >= 15 is 0 Å². The first-order chi connectivity index (χ1) is 6.56. The van der Waals surface area contributed by atoms with Crippen LogP contribution >= 0.6 is 0 Å². The lowest BCUT2D eigenvalue weighted by Gasteiger charge is -2.04. The molecule has 0 saturated carbocycles. The van der Waals surface area contributed by atoms with Gasteiger partial charge in [0.2, 0.25) is 0 Å². The van der Waals surface area contributed by atoms with Crippen LogP contribution in [0.25, 0.3) is 0 Å². The standard InChI is InChI=1S/C9H9NO4/c1-6(5-11)8-3-2-7(12)4-9(8)10(13)14/h2-6,12H,1H3. The molecule has 0 heterocycles. The first-order valence-electron chi connectivity index (χ1n) is 3.99. The van der Waals surface area contributed by atoms with Crippen molar-refractivity contribution in [3.05, 3.63) is 33.9 Å². The molecule has 0 saturated heterocycles. The van der Waals surface area contributed by atoms with E-state index in [-0.39, 0.29) is 11.4 Å². The molecule has 1 atom stereocenters. The first-order valence-corrected chi connectivity index (χ1v) is 3.99. The number of phenols is 1. The highest BCUT2D eigenvalue weighted by Crippen LogP contribution is 2.28. The third kappa shape index (κ3) is 1.87. The summed E-state index contributed by atoms with van der Waals surface area (Å²) in [6.07, 6.45) is 0.624. The van der Waals surface area contributed by atoms with E-state index in [0.29, 0.717) is 11.8 Å². The molecule has 0 radical (unpaired) electrons. The van der Waals surface area contributed by atoms with E-state index in [0.717, 1.165) is 6.07 Å². The maximum absolute atomic E-state index is 10.6. The van der Waals surface area contributed by atoms with E-state index in [1.165, 1.54) is 12.1 Å². The molecule has 0 aromatic heterocycles. The lowest BCUT2D eigenvalue weighted by Crippen LogP contribution is -2.00. The van der Waals surface area contributed by atoms with E-state index in [4.69, 9.17) is 5.11 Å². The molecule has 0 bridgehead atoms. The Morgan fingerprint density at radius 3 is 2.71 bits per heavy atom. The minimum atomic E-state index is -0.616. The van der Waals surface area contributed by atoms with Crippen molar-refractivity contribution >= 4 is 12.0 Å². The van der Waals surface area contributed by atoms with Crippen LogP contribution in [0.5, 0.6) is 5.75 Å². The highest BCUT2D eigenvalue weighted by Gasteiger charge is 2.18. The molecule has 1 rings (SSSR count). The molecule has 1 N–H and O–H groups in total. The summed E-state index contributed by atoms with van der Waals surface area (Å²) in [5.41, 5.74) is 0.0763. The summed E-state index contributed by atoms with van der Waals surface area (Å²) in [5, 5.41) is 19.6. The molecule has 1 aromatic carbocycles. The van der Waals surface area contributed by atoms with E-state index in [9.17, 15) is 14.9 Å². The predicted octanol–water partition coefficient (Wildman–Crippen LogP) is 1.60. The topological polar surface area (TPSA) is 80.4 Å². The van der Waals surface area contributed by atoms with Crippen LogP contribution in [-0.2, 0) is 4.79 Å². The van der Waals surface area contributed by atoms with Gasteiger partial charge in [0.1, 0.15) is 12.0 Å². The number of carbonyl (C=O) groups excluding carboxylic acids is 1. The Kier molecular flexibility index (Phi) is 2.81. The Hall–Kier alpha value is -1.91. The van der Waals surface area contributed by atoms with E-state index < -0.39 is 10.8 Å². The van der Waals surface area contributed by atoms with Gasteiger partial charge in [-0.2, -0.15) is 0 Å². The van der Waals surface area contributed by atoms with E-state index in [1.54, 1.807) is 6.92 Å². The number of rotatable bonds is 3. The summed E-state index contributed by atoms with van der Waals surface area (Å²) in [5.74, 6) is -0.727. The number of nitro benzene ring substituents is 1. The van der Waals surface area contributed by atoms with Gasteiger partial charge < -0.3 is 9.90 Å². The van der Waals surface area contributed by atoms with Crippen LogP contribution in [0.15, 0.2) is 18.2 Å². The van der Waals surface area contributed by atoms with Gasteiger partial charge >= 0.3 is 0 Å². The zero-order chi connectivity index (χ0) is 10.7. The molecule has 1 unspecified atom stereocenters. The summed E-state index contributed by atoms with van der Waals surface area (Å²) in [7, 11) is 0. The molecule has 0 aliphatic rings. The van der Waals surface area contributed by atoms with E-state index in [1.807, 2.05) is 0 Å². The number of nitrogens with zero attached hydrogens (tertiary/aromatic N) is 1. The number of nitro groups is 1. The molecule has 14 heavy (non-hydrogen) atoms. The van der Waals surface area contributed by atoms with Crippen LogP contribution in [0.1, 0.15) is 18.4 Å². The first kappa shape index (κ1) is 10.2. The van der Waals surface area contributed by atoms with Crippen LogP contribution < -0.4 is 0 Å². The molecule has 5 heteroatoms. The average molecular weight is 195 g/mol. The lowest BCUT2D eigenvalue weighted by atomic mass is 10.0. The van der Waals surface area contributed by atoms with Crippen molar-refractivity contribution in [2.45, 2.75) is 12.8 Å². The predicted molar refractivity (Wildman–Crippen MR) is 49.2 cm³/mol. The number of hydrogen-bond donors (Lipinski definition) is 1. The van der Waals surface area contributed by atoms with Crippen LogP contribution in [0.3, 0.4) is 0 Å². The second-order valence-corrected chi connectivity index (χ2v) is 2.92. The SMILES string of the molecule is CC(C=O)c1ccc(O)cc1[N+](=O)[O-]. The Balaban J connectivity index is 3.28. The number of aldehydes is 1. The molecule has 0 spiro atoms. The van der Waals surface area contributed by atoms with Crippen molar-refractivity contribution < 1.29 is 14.8 Å². The van der Waals surface area contributed by atoms with Crippen molar-refractivity contribution in [1.82, 2.24) is 0 Å². The van der Waals surface area contributed by atoms with Gasteiger partial charge in [0.15, 0.2) is 0 Å². The largest absolute Gasteiger partial charge is 0.508 e. The van der Waals surface area contributed by atoms with Crippen molar-refractivity contribution in [2.75, 3.05) is 0 Å². The molecule has 0 amide bonds. The maximum atomic E-state index is 10.6. The Bertz CT molecular complexity index is 375. The van der Waals surface area contributed by atoms with E-state index in [2.05, 4.69) is 0 Å². The molecule has 0 aliphatic carbocycles. The number of aromatic hydroxyl groups is 1. The molecular weight excluding hydrogens is 186 g/mol. The van der Waals surface area contributed by atoms with Gasteiger partial charge in [0.05, 0.1) is 11.0 Å². The van der Waals surface area contributed by atoms with Crippen molar-refractivity contribution in [1.29, 1.82) is 0 Å². The van der Waals surface area contributed by atoms with Gasteiger partial charge in [-0.1, -0.05) is 6.92 Å². The third-order valence-electron chi connectivity index (χ3n) is 1.91. The molecule has 0 fully saturated rings. The van der Waals surface area contributed by atoms with Crippen molar-refractivity contribution in [2.24, 2.45) is 0 Å². The Morgan fingerprint density at radius 1 is 1.57 bits per heavy atom. The van der Waals surface area contributed by atoms with Crippen molar-refractivity contribution in [3.8, 4) is 5.75 Å². The van der Waals surface area contributed by atoms with Gasteiger partial charge in [-0.05, 0) is 12.1 Å². The summed E-state index contributed by atoms with van der Waals surface area (Å²) in [4.78, 5) is 20.4. The van der Waals surface area contributed by atoms with Gasteiger partial charge in [-0.25, -0.2) is 0 Å². The quantitative estimate of drug-likeness (QED) is 0.451. The number of phenolic OH excluding ortho intramolecular Hbond substituents is 1. The monoisotopic (exact) mass is 195 g/mol. The number of carbonyl (C=O) groups is 1. The molecule has 0 aliphatic heterocycles.